The third-order valence-electron chi connectivity index (χ3n) is 2.95. The van der Waals surface area contributed by atoms with E-state index in [4.69, 9.17) is 11.6 Å². The Labute approximate surface area is 107 Å². The molecular formula is C13H18ClN3. The molecule has 0 radical (unpaired) electrons. The summed E-state index contributed by atoms with van der Waals surface area (Å²) in [5.74, 6) is 0. The molecule has 0 fully saturated rings. The van der Waals surface area contributed by atoms with Gasteiger partial charge in [-0.05, 0) is 36.9 Å². The molecule has 2 N–H and O–H groups in total. The molecule has 1 aliphatic rings. The molecule has 17 heavy (non-hydrogen) atoms. The van der Waals surface area contributed by atoms with Gasteiger partial charge in [0.05, 0.1) is 5.69 Å². The molecule has 4 heteroatoms. The molecule has 0 unspecified atom stereocenters. The highest BCUT2D eigenvalue weighted by Crippen LogP contribution is 2.13. The van der Waals surface area contributed by atoms with Crippen LogP contribution >= 0.6 is 11.6 Å². The standard InChI is InChI=1S/C13H18ClN3/c1-2-17-9-7-13(8-10-17)16-15-12-5-3-11(14)4-6-12/h3-7,15-16H,2,8-10H2,1H3. The van der Waals surface area contributed by atoms with E-state index < -0.39 is 0 Å². The number of likely N-dealkylation sites (N-methyl/N-ethyl adjacent to an activating group) is 1. The Bertz CT molecular complexity index is 386. The van der Waals surface area contributed by atoms with Crippen LogP contribution in [0.4, 0.5) is 5.69 Å². The van der Waals surface area contributed by atoms with Crippen LogP contribution in [-0.2, 0) is 0 Å². The number of hydrogen-bond acceptors (Lipinski definition) is 3. The van der Waals surface area contributed by atoms with E-state index in [9.17, 15) is 0 Å². The summed E-state index contributed by atoms with van der Waals surface area (Å²) in [4.78, 5) is 2.41. The minimum atomic E-state index is 0.756. The van der Waals surface area contributed by atoms with Gasteiger partial charge in [0, 0.05) is 30.2 Å². The largest absolute Gasteiger partial charge is 0.305 e. The average Bonchev–Trinajstić information content (AvgIpc) is 2.39. The Hall–Kier alpha value is -1.19. The summed E-state index contributed by atoms with van der Waals surface area (Å²) in [7, 11) is 0. The van der Waals surface area contributed by atoms with E-state index in [1.165, 1.54) is 5.70 Å². The Morgan fingerprint density at radius 2 is 2.00 bits per heavy atom. The zero-order valence-electron chi connectivity index (χ0n) is 10.0. The summed E-state index contributed by atoms with van der Waals surface area (Å²) >= 11 is 5.83. The summed E-state index contributed by atoms with van der Waals surface area (Å²) in [6.45, 7) is 5.46. The van der Waals surface area contributed by atoms with Gasteiger partial charge in [-0.2, -0.15) is 0 Å². The number of anilines is 1. The minimum absolute atomic E-state index is 0.756. The maximum Gasteiger partial charge on any atom is 0.0540 e. The predicted octanol–water partition coefficient (Wildman–Crippen LogP) is 2.87. The Balaban J connectivity index is 1.83. The lowest BCUT2D eigenvalue weighted by Crippen LogP contribution is -2.33. The van der Waals surface area contributed by atoms with Gasteiger partial charge in [0.1, 0.15) is 0 Å². The maximum absolute atomic E-state index is 5.83. The van der Waals surface area contributed by atoms with Gasteiger partial charge in [-0.25, -0.2) is 0 Å². The normalized spacial score (nSPS) is 16.5. The van der Waals surface area contributed by atoms with Crippen molar-refractivity contribution in [1.82, 2.24) is 10.3 Å². The molecule has 0 aromatic heterocycles. The van der Waals surface area contributed by atoms with Crippen molar-refractivity contribution in [3.8, 4) is 0 Å². The van der Waals surface area contributed by atoms with Crippen molar-refractivity contribution in [2.24, 2.45) is 0 Å². The van der Waals surface area contributed by atoms with Crippen LogP contribution in [-0.4, -0.2) is 24.5 Å². The fourth-order valence-corrected chi connectivity index (χ4v) is 1.92. The number of halogens is 1. The zero-order valence-corrected chi connectivity index (χ0v) is 10.8. The zero-order chi connectivity index (χ0) is 12.1. The third kappa shape index (κ3) is 3.65. The highest BCUT2D eigenvalue weighted by Gasteiger charge is 2.08. The molecule has 0 aliphatic carbocycles. The Kier molecular flexibility index (Phi) is 4.29. The van der Waals surface area contributed by atoms with Gasteiger partial charge >= 0.3 is 0 Å². The second-order valence-electron chi connectivity index (χ2n) is 4.13. The molecule has 1 heterocycles. The summed E-state index contributed by atoms with van der Waals surface area (Å²) < 4.78 is 0. The second-order valence-corrected chi connectivity index (χ2v) is 4.57. The fraction of sp³-hybridized carbons (Fsp3) is 0.385. The predicted molar refractivity (Wildman–Crippen MR) is 73.0 cm³/mol. The topological polar surface area (TPSA) is 27.3 Å². The van der Waals surface area contributed by atoms with Crippen molar-refractivity contribution in [1.29, 1.82) is 0 Å². The lowest BCUT2D eigenvalue weighted by atomic mass is 10.2. The number of hydrogen-bond donors (Lipinski definition) is 2. The van der Waals surface area contributed by atoms with Gasteiger partial charge < -0.3 is 10.9 Å². The minimum Gasteiger partial charge on any atom is -0.305 e. The molecule has 0 amide bonds. The molecule has 1 aliphatic heterocycles. The summed E-state index contributed by atoms with van der Waals surface area (Å²) in [5, 5.41) is 0.756. The van der Waals surface area contributed by atoms with Crippen LogP contribution in [0.25, 0.3) is 0 Å². The Morgan fingerprint density at radius 1 is 1.24 bits per heavy atom. The number of hydrazine groups is 1. The van der Waals surface area contributed by atoms with Crippen molar-refractivity contribution in [2.75, 3.05) is 25.1 Å². The Morgan fingerprint density at radius 3 is 2.59 bits per heavy atom. The van der Waals surface area contributed by atoms with E-state index in [0.29, 0.717) is 0 Å². The van der Waals surface area contributed by atoms with Crippen molar-refractivity contribution in [3.05, 3.63) is 41.1 Å². The van der Waals surface area contributed by atoms with E-state index in [1.807, 2.05) is 24.3 Å². The van der Waals surface area contributed by atoms with Crippen LogP contribution in [0.2, 0.25) is 5.02 Å². The third-order valence-corrected chi connectivity index (χ3v) is 3.20. The molecule has 0 atom stereocenters. The first-order valence-electron chi connectivity index (χ1n) is 5.97. The lowest BCUT2D eigenvalue weighted by Gasteiger charge is -2.25. The smallest absolute Gasteiger partial charge is 0.0540 e. The monoisotopic (exact) mass is 251 g/mol. The van der Waals surface area contributed by atoms with Crippen LogP contribution in [0.15, 0.2) is 36.0 Å². The maximum atomic E-state index is 5.83. The molecule has 0 saturated heterocycles. The fourth-order valence-electron chi connectivity index (χ4n) is 1.80. The summed E-state index contributed by atoms with van der Waals surface area (Å²) in [5.41, 5.74) is 8.70. The SMILES string of the molecule is CCN1CC=C(NNc2ccc(Cl)cc2)CC1. The lowest BCUT2D eigenvalue weighted by molar-refractivity contribution is 0.306. The van der Waals surface area contributed by atoms with Crippen LogP contribution in [0.1, 0.15) is 13.3 Å². The number of nitrogens with zero attached hydrogens (tertiary/aromatic N) is 1. The van der Waals surface area contributed by atoms with E-state index >= 15 is 0 Å². The molecule has 2 rings (SSSR count). The average molecular weight is 252 g/mol. The number of rotatable bonds is 4. The molecule has 0 saturated carbocycles. The van der Waals surface area contributed by atoms with E-state index in [2.05, 4.69) is 28.8 Å². The van der Waals surface area contributed by atoms with Crippen LogP contribution in [0.3, 0.4) is 0 Å². The van der Waals surface area contributed by atoms with E-state index in [1.54, 1.807) is 0 Å². The van der Waals surface area contributed by atoms with Crippen molar-refractivity contribution in [2.45, 2.75) is 13.3 Å². The van der Waals surface area contributed by atoms with Crippen LogP contribution in [0, 0.1) is 0 Å². The molecule has 1 aromatic carbocycles. The van der Waals surface area contributed by atoms with Gasteiger partial charge in [0.2, 0.25) is 0 Å². The molecule has 3 nitrogen and oxygen atoms in total. The van der Waals surface area contributed by atoms with E-state index in [-0.39, 0.29) is 0 Å². The van der Waals surface area contributed by atoms with Crippen molar-refractivity contribution < 1.29 is 0 Å². The molecular weight excluding hydrogens is 234 g/mol. The van der Waals surface area contributed by atoms with E-state index in [0.717, 1.165) is 36.8 Å². The number of nitrogens with one attached hydrogen (secondary N) is 2. The van der Waals surface area contributed by atoms with Gasteiger partial charge in [-0.3, -0.25) is 4.90 Å². The second kappa shape index (κ2) is 5.94. The highest BCUT2D eigenvalue weighted by atomic mass is 35.5. The first-order valence-corrected chi connectivity index (χ1v) is 6.34. The first kappa shape index (κ1) is 12.3. The summed E-state index contributed by atoms with van der Waals surface area (Å²) in [6, 6.07) is 7.66. The molecule has 0 spiro atoms. The van der Waals surface area contributed by atoms with Gasteiger partial charge in [0.25, 0.3) is 0 Å². The quantitative estimate of drug-likeness (QED) is 0.806. The number of benzene rings is 1. The van der Waals surface area contributed by atoms with Gasteiger partial charge in [-0.15, -0.1) is 0 Å². The molecule has 1 aromatic rings. The molecule has 0 bridgehead atoms. The van der Waals surface area contributed by atoms with Crippen molar-refractivity contribution in [3.63, 3.8) is 0 Å². The van der Waals surface area contributed by atoms with Gasteiger partial charge in [0.15, 0.2) is 0 Å². The van der Waals surface area contributed by atoms with Crippen LogP contribution < -0.4 is 10.9 Å². The first-order chi connectivity index (χ1) is 8.28. The van der Waals surface area contributed by atoms with Crippen molar-refractivity contribution >= 4 is 17.3 Å². The van der Waals surface area contributed by atoms with Gasteiger partial charge in [-0.1, -0.05) is 18.5 Å². The highest BCUT2D eigenvalue weighted by molar-refractivity contribution is 6.30. The summed E-state index contributed by atoms with van der Waals surface area (Å²) in [6.07, 6.45) is 3.30. The molecule has 92 valence electrons. The van der Waals surface area contributed by atoms with Crippen LogP contribution in [0.5, 0.6) is 0 Å².